The molecule has 6 nitrogen and oxygen atoms in total. The summed E-state index contributed by atoms with van der Waals surface area (Å²) in [6, 6.07) is 5.14. The predicted octanol–water partition coefficient (Wildman–Crippen LogP) is 2.71. The highest BCUT2D eigenvalue weighted by Crippen LogP contribution is 2.19. The first-order valence-electron chi connectivity index (χ1n) is 10.3. The van der Waals surface area contributed by atoms with E-state index in [0.29, 0.717) is 18.0 Å². The Morgan fingerprint density at radius 1 is 1.31 bits per heavy atom. The maximum Gasteiger partial charge on any atom is 0.194 e. The average molecular weight is 520 g/mol. The first kappa shape index (κ1) is 24.3. The van der Waals surface area contributed by atoms with Gasteiger partial charge in [-0.05, 0) is 37.0 Å². The van der Waals surface area contributed by atoms with Crippen LogP contribution < -0.4 is 5.32 Å². The van der Waals surface area contributed by atoms with Crippen LogP contribution in [0.1, 0.15) is 24.5 Å². The summed E-state index contributed by atoms with van der Waals surface area (Å²) in [5.74, 6) is 1.39. The summed E-state index contributed by atoms with van der Waals surface area (Å²) in [5, 5.41) is 3.41. The second-order valence-electron chi connectivity index (χ2n) is 7.54. The molecule has 0 spiro atoms. The molecule has 2 aliphatic heterocycles. The van der Waals surface area contributed by atoms with Crippen LogP contribution in [0.15, 0.2) is 23.2 Å². The lowest BCUT2D eigenvalue weighted by molar-refractivity contribution is 0.0315. The van der Waals surface area contributed by atoms with E-state index in [1.807, 2.05) is 6.07 Å². The number of hydrogen-bond acceptors (Lipinski definition) is 4. The normalized spacial score (nSPS) is 20.6. The predicted molar refractivity (Wildman–Crippen MR) is 124 cm³/mol. The molecule has 164 valence electrons. The molecule has 2 saturated heterocycles. The zero-order valence-corrected chi connectivity index (χ0v) is 19.9. The van der Waals surface area contributed by atoms with Crippen LogP contribution in [-0.2, 0) is 22.6 Å². The van der Waals surface area contributed by atoms with Crippen LogP contribution in [-0.4, -0.2) is 75.4 Å². The van der Waals surface area contributed by atoms with Crippen molar-refractivity contribution in [2.24, 2.45) is 10.9 Å². The zero-order valence-electron chi connectivity index (χ0n) is 17.5. The van der Waals surface area contributed by atoms with Gasteiger partial charge in [-0.2, -0.15) is 0 Å². The third-order valence-electron chi connectivity index (χ3n) is 5.36. The Morgan fingerprint density at radius 2 is 2.10 bits per heavy atom. The molecular formula is C21H34FIN4O2. The highest BCUT2D eigenvalue weighted by atomic mass is 127. The first-order valence-corrected chi connectivity index (χ1v) is 10.3. The largest absolute Gasteiger partial charge is 0.380 e. The fraction of sp³-hybridized carbons (Fsp3) is 0.667. The summed E-state index contributed by atoms with van der Waals surface area (Å²) in [4.78, 5) is 9.68. The number of hydrogen-bond donors (Lipinski definition) is 1. The van der Waals surface area contributed by atoms with Gasteiger partial charge in [0.15, 0.2) is 5.96 Å². The molecule has 2 aliphatic rings. The molecule has 0 aromatic heterocycles. The summed E-state index contributed by atoms with van der Waals surface area (Å²) in [5.41, 5.74) is 1.57. The van der Waals surface area contributed by atoms with Crippen molar-refractivity contribution in [3.05, 3.63) is 35.1 Å². The van der Waals surface area contributed by atoms with Crippen LogP contribution in [0, 0.1) is 11.7 Å². The van der Waals surface area contributed by atoms with E-state index < -0.39 is 0 Å². The Hall–Kier alpha value is -0.970. The fourth-order valence-corrected chi connectivity index (χ4v) is 3.91. The van der Waals surface area contributed by atoms with Crippen molar-refractivity contribution in [3.63, 3.8) is 0 Å². The Kier molecular flexibility index (Phi) is 10.6. The van der Waals surface area contributed by atoms with Crippen molar-refractivity contribution in [1.82, 2.24) is 15.1 Å². The molecule has 1 unspecified atom stereocenters. The molecule has 29 heavy (non-hydrogen) atoms. The lowest BCUT2D eigenvalue weighted by Crippen LogP contribution is -2.42. The molecule has 1 N–H and O–H groups in total. The molecule has 3 rings (SSSR count). The van der Waals surface area contributed by atoms with E-state index in [4.69, 9.17) is 14.5 Å². The Bertz CT molecular complexity index is 656. The summed E-state index contributed by atoms with van der Waals surface area (Å²) >= 11 is 0. The van der Waals surface area contributed by atoms with E-state index in [-0.39, 0.29) is 36.4 Å². The minimum atomic E-state index is -0.230. The molecule has 2 heterocycles. The van der Waals surface area contributed by atoms with E-state index in [1.165, 1.54) is 12.5 Å². The number of nitrogens with zero attached hydrogens (tertiary/aromatic N) is 3. The van der Waals surface area contributed by atoms with E-state index in [2.05, 4.69) is 22.0 Å². The summed E-state index contributed by atoms with van der Waals surface area (Å²) in [6.45, 7) is 10.7. The molecule has 0 amide bonds. The van der Waals surface area contributed by atoms with Gasteiger partial charge in [-0.3, -0.25) is 4.90 Å². The SMILES string of the molecule is CCNC(=NCc1ccc(F)c(COC)c1)N1CCC(CN2CCOCC2)C1.I. The number of likely N-dealkylation sites (tertiary alicyclic amines) is 1. The van der Waals surface area contributed by atoms with Crippen molar-refractivity contribution >= 4 is 29.9 Å². The number of morpholine rings is 1. The number of halogens is 2. The van der Waals surface area contributed by atoms with E-state index in [1.54, 1.807) is 13.2 Å². The second kappa shape index (κ2) is 12.7. The number of ether oxygens (including phenoxy) is 2. The zero-order chi connectivity index (χ0) is 19.8. The van der Waals surface area contributed by atoms with Gasteiger partial charge in [0.05, 0.1) is 26.4 Å². The van der Waals surface area contributed by atoms with E-state index in [0.717, 1.165) is 64.0 Å². The monoisotopic (exact) mass is 520 g/mol. The molecule has 0 saturated carbocycles. The molecular weight excluding hydrogens is 486 g/mol. The maximum atomic E-state index is 13.8. The Morgan fingerprint density at radius 3 is 2.83 bits per heavy atom. The van der Waals surface area contributed by atoms with Gasteiger partial charge in [0, 0.05) is 51.9 Å². The minimum absolute atomic E-state index is 0. The molecule has 1 atom stereocenters. The first-order chi connectivity index (χ1) is 13.7. The van der Waals surface area contributed by atoms with Crippen molar-refractivity contribution in [1.29, 1.82) is 0 Å². The lowest BCUT2D eigenvalue weighted by Gasteiger charge is -2.29. The van der Waals surface area contributed by atoms with Gasteiger partial charge in [-0.1, -0.05) is 6.07 Å². The quantitative estimate of drug-likeness (QED) is 0.341. The third-order valence-corrected chi connectivity index (χ3v) is 5.36. The molecule has 0 aliphatic carbocycles. The van der Waals surface area contributed by atoms with Gasteiger partial charge in [0.25, 0.3) is 0 Å². The van der Waals surface area contributed by atoms with Crippen LogP contribution >= 0.6 is 24.0 Å². The van der Waals surface area contributed by atoms with Gasteiger partial charge < -0.3 is 19.7 Å². The molecule has 0 bridgehead atoms. The highest BCUT2D eigenvalue weighted by molar-refractivity contribution is 14.0. The van der Waals surface area contributed by atoms with Crippen LogP contribution in [0.3, 0.4) is 0 Å². The van der Waals surface area contributed by atoms with Crippen molar-refractivity contribution in [2.45, 2.75) is 26.5 Å². The minimum Gasteiger partial charge on any atom is -0.380 e. The number of guanidine groups is 1. The van der Waals surface area contributed by atoms with Gasteiger partial charge in [-0.15, -0.1) is 24.0 Å². The van der Waals surface area contributed by atoms with Crippen molar-refractivity contribution < 1.29 is 13.9 Å². The summed E-state index contributed by atoms with van der Waals surface area (Å²) in [7, 11) is 1.58. The maximum absolute atomic E-state index is 13.8. The molecule has 2 fully saturated rings. The number of benzene rings is 1. The third kappa shape index (κ3) is 7.34. The average Bonchev–Trinajstić information content (AvgIpc) is 3.16. The van der Waals surface area contributed by atoms with Gasteiger partial charge in [-0.25, -0.2) is 9.38 Å². The Balaban J connectivity index is 0.00000300. The fourth-order valence-electron chi connectivity index (χ4n) is 3.91. The Labute approximate surface area is 190 Å². The topological polar surface area (TPSA) is 49.3 Å². The molecule has 1 aromatic carbocycles. The van der Waals surface area contributed by atoms with Gasteiger partial charge in [0.2, 0.25) is 0 Å². The highest BCUT2D eigenvalue weighted by Gasteiger charge is 2.27. The van der Waals surface area contributed by atoms with Crippen LogP contribution in [0.5, 0.6) is 0 Å². The molecule has 1 aromatic rings. The number of aliphatic imine (C=N–C) groups is 1. The lowest BCUT2D eigenvalue weighted by atomic mass is 10.1. The van der Waals surface area contributed by atoms with Crippen molar-refractivity contribution in [3.8, 4) is 0 Å². The van der Waals surface area contributed by atoms with Crippen LogP contribution in [0.25, 0.3) is 0 Å². The van der Waals surface area contributed by atoms with E-state index >= 15 is 0 Å². The molecule has 0 radical (unpaired) electrons. The van der Waals surface area contributed by atoms with Crippen LogP contribution in [0.4, 0.5) is 4.39 Å². The van der Waals surface area contributed by atoms with E-state index in [9.17, 15) is 4.39 Å². The number of rotatable bonds is 7. The van der Waals surface area contributed by atoms with Gasteiger partial charge in [0.1, 0.15) is 5.82 Å². The van der Waals surface area contributed by atoms with Crippen molar-refractivity contribution in [2.75, 3.05) is 59.6 Å². The van der Waals surface area contributed by atoms with Crippen LogP contribution in [0.2, 0.25) is 0 Å². The summed E-state index contributed by atoms with van der Waals surface area (Å²) < 4.78 is 24.3. The molecule has 8 heteroatoms. The number of nitrogens with one attached hydrogen (secondary N) is 1. The standard InChI is InChI=1S/C21H33FN4O2.HI/c1-3-23-21(24-13-17-4-5-20(22)19(12-17)16-27-2)26-7-6-18(15-26)14-25-8-10-28-11-9-25;/h4-5,12,18H,3,6-11,13-16H2,1-2H3,(H,23,24);1H. The summed E-state index contributed by atoms with van der Waals surface area (Å²) in [6.07, 6.45) is 1.19. The second-order valence-corrected chi connectivity index (χ2v) is 7.54. The number of methoxy groups -OCH3 is 1. The van der Waals surface area contributed by atoms with Gasteiger partial charge >= 0.3 is 0 Å². The smallest absolute Gasteiger partial charge is 0.194 e.